The number of hydrogen-bond acceptors (Lipinski definition) is 1. The fraction of sp³-hybridized carbons (Fsp3) is 0.0435. The number of fused-ring (bicyclic) bond motifs is 4. The zero-order valence-corrected chi connectivity index (χ0v) is 15.1. The third-order valence-electron chi connectivity index (χ3n) is 4.99. The van der Waals surface area contributed by atoms with Gasteiger partial charge in [-0.3, -0.25) is 0 Å². The molecule has 1 aliphatic rings. The molecule has 120 valence electrons. The monoisotopic (exact) mass is 385 g/mol. The second-order valence-electron chi connectivity index (χ2n) is 6.40. The lowest BCUT2D eigenvalue weighted by Gasteiger charge is -2.19. The molecule has 0 saturated heterocycles. The average Bonchev–Trinajstić information content (AvgIpc) is 2.97. The molecule has 5 rings (SSSR count). The van der Waals surface area contributed by atoms with Gasteiger partial charge in [0.2, 0.25) is 0 Å². The lowest BCUT2D eigenvalue weighted by atomic mass is 10.0. The molecule has 0 aromatic heterocycles. The molecule has 0 bridgehead atoms. The molecule has 1 nitrogen and oxygen atoms in total. The summed E-state index contributed by atoms with van der Waals surface area (Å²) in [5.41, 5.74) is 6.44. The van der Waals surface area contributed by atoms with Gasteiger partial charge in [0.15, 0.2) is 0 Å². The van der Waals surface area contributed by atoms with Crippen LogP contribution in [0.15, 0.2) is 89.4 Å². The summed E-state index contributed by atoms with van der Waals surface area (Å²) in [5, 5.41) is 6.32. The van der Waals surface area contributed by atoms with Crippen molar-refractivity contribution < 1.29 is 0 Å². The second-order valence-corrected chi connectivity index (χ2v) is 7.25. The maximum Gasteiger partial charge on any atom is 0.0780 e. The van der Waals surface area contributed by atoms with E-state index >= 15 is 0 Å². The zero-order chi connectivity index (χ0) is 16.8. The van der Waals surface area contributed by atoms with E-state index in [1.807, 2.05) is 0 Å². The molecule has 0 heterocycles. The number of benzene rings is 4. The predicted octanol–water partition coefficient (Wildman–Crippen LogP) is 6.78. The molecule has 1 unspecified atom stereocenters. The van der Waals surface area contributed by atoms with Crippen LogP contribution in [0.25, 0.3) is 21.9 Å². The van der Waals surface area contributed by atoms with Crippen LogP contribution in [0.5, 0.6) is 0 Å². The van der Waals surface area contributed by atoms with Crippen molar-refractivity contribution in [2.45, 2.75) is 6.04 Å². The summed E-state index contributed by atoms with van der Waals surface area (Å²) in [4.78, 5) is 0. The minimum Gasteiger partial charge on any atom is -0.374 e. The first-order chi connectivity index (χ1) is 12.3. The summed E-state index contributed by atoms with van der Waals surface area (Å²) < 4.78 is 1.15. The van der Waals surface area contributed by atoms with Crippen LogP contribution in [0.2, 0.25) is 0 Å². The summed E-state index contributed by atoms with van der Waals surface area (Å²) in [6, 6.07) is 30.3. The summed E-state index contributed by atoms with van der Waals surface area (Å²) in [6.07, 6.45) is 0. The Kier molecular flexibility index (Phi) is 3.39. The molecule has 2 heteroatoms. The first kappa shape index (κ1) is 14.7. The maximum absolute atomic E-state index is 3.80. The highest BCUT2D eigenvalue weighted by Crippen LogP contribution is 2.48. The molecule has 4 aromatic carbocycles. The van der Waals surface area contributed by atoms with Crippen molar-refractivity contribution in [3.05, 3.63) is 101 Å². The fourth-order valence-corrected chi connectivity index (χ4v) is 4.47. The van der Waals surface area contributed by atoms with Crippen molar-refractivity contribution in [3.63, 3.8) is 0 Å². The first-order valence-corrected chi connectivity index (χ1v) is 9.24. The smallest absolute Gasteiger partial charge is 0.0780 e. The molecule has 0 spiro atoms. The van der Waals surface area contributed by atoms with Crippen molar-refractivity contribution in [1.82, 2.24) is 0 Å². The summed E-state index contributed by atoms with van der Waals surface area (Å²) >= 11 is 3.74. The van der Waals surface area contributed by atoms with E-state index in [-0.39, 0.29) is 6.04 Å². The van der Waals surface area contributed by atoms with Gasteiger partial charge >= 0.3 is 0 Å². The lowest BCUT2D eigenvalue weighted by molar-refractivity contribution is 0.976. The number of halogens is 1. The van der Waals surface area contributed by atoms with Crippen LogP contribution in [-0.2, 0) is 0 Å². The summed E-state index contributed by atoms with van der Waals surface area (Å²) in [5.74, 6) is 0. The van der Waals surface area contributed by atoms with Gasteiger partial charge < -0.3 is 5.32 Å². The SMILES string of the molecule is Brc1cccc2c1-c1ccccc1C2Nc1cccc2ccccc12. The Labute approximate surface area is 155 Å². The normalized spacial score (nSPS) is 15.0. The van der Waals surface area contributed by atoms with Gasteiger partial charge in [-0.15, -0.1) is 0 Å². The van der Waals surface area contributed by atoms with Gasteiger partial charge in [0.1, 0.15) is 0 Å². The van der Waals surface area contributed by atoms with Gasteiger partial charge in [-0.1, -0.05) is 88.7 Å². The van der Waals surface area contributed by atoms with Gasteiger partial charge in [0, 0.05) is 21.1 Å². The summed E-state index contributed by atoms with van der Waals surface area (Å²) in [6.45, 7) is 0. The van der Waals surface area contributed by atoms with Crippen molar-refractivity contribution in [2.75, 3.05) is 5.32 Å². The van der Waals surface area contributed by atoms with Gasteiger partial charge in [-0.05, 0) is 34.2 Å². The highest BCUT2D eigenvalue weighted by Gasteiger charge is 2.29. The van der Waals surface area contributed by atoms with E-state index in [4.69, 9.17) is 0 Å². The van der Waals surface area contributed by atoms with Crippen molar-refractivity contribution in [2.24, 2.45) is 0 Å². The molecule has 1 N–H and O–H groups in total. The number of hydrogen-bond donors (Lipinski definition) is 1. The van der Waals surface area contributed by atoms with E-state index in [0.717, 1.165) is 4.47 Å². The van der Waals surface area contributed by atoms with E-state index in [2.05, 4.69) is 106 Å². The summed E-state index contributed by atoms with van der Waals surface area (Å²) in [7, 11) is 0. The highest BCUT2D eigenvalue weighted by molar-refractivity contribution is 9.10. The van der Waals surface area contributed by atoms with Crippen LogP contribution >= 0.6 is 15.9 Å². The van der Waals surface area contributed by atoms with E-state index in [1.54, 1.807) is 0 Å². The lowest BCUT2D eigenvalue weighted by Crippen LogP contribution is -2.09. The molecule has 25 heavy (non-hydrogen) atoms. The molecule has 0 aliphatic heterocycles. The second kappa shape index (κ2) is 5.75. The molecular weight excluding hydrogens is 370 g/mol. The Bertz CT molecular complexity index is 1090. The zero-order valence-electron chi connectivity index (χ0n) is 13.5. The van der Waals surface area contributed by atoms with E-state index in [0.29, 0.717) is 0 Å². The first-order valence-electron chi connectivity index (χ1n) is 8.45. The van der Waals surface area contributed by atoms with Crippen LogP contribution < -0.4 is 5.32 Å². The molecule has 1 aliphatic carbocycles. The Morgan fingerprint density at radius 1 is 0.680 bits per heavy atom. The highest BCUT2D eigenvalue weighted by atomic mass is 79.9. The van der Waals surface area contributed by atoms with Crippen LogP contribution in [0, 0.1) is 0 Å². The molecule has 1 atom stereocenters. The molecular formula is C23H16BrN. The van der Waals surface area contributed by atoms with Crippen molar-refractivity contribution in [3.8, 4) is 11.1 Å². The fourth-order valence-electron chi connectivity index (χ4n) is 3.87. The minimum atomic E-state index is 0.162. The van der Waals surface area contributed by atoms with Crippen LogP contribution in [-0.4, -0.2) is 0 Å². The van der Waals surface area contributed by atoms with E-state index in [9.17, 15) is 0 Å². The molecule has 4 aromatic rings. The predicted molar refractivity (Wildman–Crippen MR) is 109 cm³/mol. The standard InChI is InChI=1S/C23H16BrN/c24-20-13-6-12-19-22(20)17-10-3-4-11-18(17)23(19)25-21-14-5-8-15-7-1-2-9-16(15)21/h1-14,23,25H. The quantitative estimate of drug-likeness (QED) is 0.400. The van der Waals surface area contributed by atoms with Gasteiger partial charge in [-0.25, -0.2) is 0 Å². The third-order valence-corrected chi connectivity index (χ3v) is 5.65. The van der Waals surface area contributed by atoms with Gasteiger partial charge in [-0.2, -0.15) is 0 Å². The molecule has 0 fully saturated rings. The maximum atomic E-state index is 3.80. The topological polar surface area (TPSA) is 12.0 Å². The van der Waals surface area contributed by atoms with Crippen LogP contribution in [0.4, 0.5) is 5.69 Å². The van der Waals surface area contributed by atoms with Crippen molar-refractivity contribution >= 4 is 32.4 Å². The van der Waals surface area contributed by atoms with Crippen LogP contribution in [0.3, 0.4) is 0 Å². The van der Waals surface area contributed by atoms with E-state index in [1.165, 1.54) is 38.7 Å². The largest absolute Gasteiger partial charge is 0.374 e. The number of anilines is 1. The molecule has 0 radical (unpaired) electrons. The minimum absolute atomic E-state index is 0.162. The molecule has 0 amide bonds. The Hall–Kier alpha value is -2.58. The number of rotatable bonds is 2. The van der Waals surface area contributed by atoms with Gasteiger partial charge in [0.25, 0.3) is 0 Å². The Morgan fingerprint density at radius 2 is 1.40 bits per heavy atom. The third kappa shape index (κ3) is 2.29. The Morgan fingerprint density at radius 3 is 2.36 bits per heavy atom. The van der Waals surface area contributed by atoms with Crippen LogP contribution in [0.1, 0.15) is 17.2 Å². The number of nitrogens with one attached hydrogen (secondary N) is 1. The van der Waals surface area contributed by atoms with Gasteiger partial charge in [0.05, 0.1) is 6.04 Å². The average molecular weight is 386 g/mol. The van der Waals surface area contributed by atoms with Crippen molar-refractivity contribution in [1.29, 1.82) is 0 Å². The Balaban J connectivity index is 1.69. The van der Waals surface area contributed by atoms with E-state index < -0.39 is 0 Å². The molecule has 0 saturated carbocycles.